The number of benzene rings is 4. The molecule has 2 unspecified atom stereocenters. The van der Waals surface area contributed by atoms with Crippen molar-refractivity contribution in [3.63, 3.8) is 0 Å². The predicted molar refractivity (Wildman–Crippen MR) is 377 cm³/mol. The molecule has 6 nitrogen and oxygen atoms in total. The average Bonchev–Trinajstić information content (AvgIpc) is 1.52. The van der Waals surface area contributed by atoms with Crippen LogP contribution in [-0.2, 0) is 30.4 Å². The van der Waals surface area contributed by atoms with Crippen molar-refractivity contribution in [1.29, 1.82) is 0 Å². The molecule has 4 aromatic rings. The molecule has 4 aromatic carbocycles. The SMILES string of the molecule is C=C(C)[C@]12CCC(C)=C[C@]1(c1c(O)cc(CC[Si](C)(C)c3cccc(CC4(C)Oc5cc(CCCC[Si](CC)(CC)CCCC6(C)Oc7cc(CCC[Si](CC)(CC)CC)cc(O)c7[C@@H]7C=C(C)CC[C@H]76)cc(O)c5[C@@H]5C=C(C)CC[C@H]54)c3)cc1O)S2. The lowest BCUT2D eigenvalue weighted by atomic mass is 9.65. The number of hydrogen-bond donors (Lipinski definition) is 4. The van der Waals surface area contributed by atoms with Crippen molar-refractivity contribution in [1.82, 2.24) is 0 Å². The van der Waals surface area contributed by atoms with Crippen LogP contribution in [0.3, 0.4) is 0 Å². The highest BCUT2D eigenvalue weighted by atomic mass is 32.2. The van der Waals surface area contributed by atoms with Crippen LogP contribution in [0, 0.1) is 11.8 Å². The van der Waals surface area contributed by atoms with E-state index in [1.54, 1.807) is 0 Å². The Hall–Kier alpha value is -4.36. The van der Waals surface area contributed by atoms with E-state index in [4.69, 9.17) is 9.47 Å². The van der Waals surface area contributed by atoms with Gasteiger partial charge in [-0.1, -0.05) is 192 Å². The fourth-order valence-corrected chi connectivity index (χ4v) is 29.7. The molecule has 3 aliphatic heterocycles. The van der Waals surface area contributed by atoms with Crippen LogP contribution < -0.4 is 14.7 Å². The minimum atomic E-state index is -1.99. The molecule has 0 aromatic heterocycles. The molecule has 0 saturated carbocycles. The lowest BCUT2D eigenvalue weighted by molar-refractivity contribution is -0.0136. The van der Waals surface area contributed by atoms with Crippen LogP contribution in [0.15, 0.2) is 108 Å². The van der Waals surface area contributed by atoms with Gasteiger partial charge in [0.2, 0.25) is 0 Å². The van der Waals surface area contributed by atoms with Crippen molar-refractivity contribution >= 4 is 41.2 Å². The quantitative estimate of drug-likeness (QED) is 0.0215. The van der Waals surface area contributed by atoms with Crippen LogP contribution in [0.25, 0.3) is 0 Å². The Balaban J connectivity index is 0.781. The Morgan fingerprint density at radius 2 is 1.10 bits per heavy atom. The number of allylic oxidation sites excluding steroid dienone is 5. The molecule has 6 aliphatic rings. The van der Waals surface area contributed by atoms with Gasteiger partial charge in [-0.2, -0.15) is 0 Å². The normalized spacial score (nSPS) is 26.6. The van der Waals surface area contributed by atoms with Gasteiger partial charge in [0.15, 0.2) is 0 Å². The van der Waals surface area contributed by atoms with Gasteiger partial charge in [0, 0.05) is 41.2 Å². The molecular formula is C77H110O6SSi3. The van der Waals surface area contributed by atoms with Crippen LogP contribution in [0.4, 0.5) is 0 Å². The summed E-state index contributed by atoms with van der Waals surface area (Å²) in [5, 5.41) is 48.4. The molecular weight excluding hydrogens is 1140 g/mol. The largest absolute Gasteiger partial charge is 0.507 e. The number of fused-ring (bicyclic) bond motifs is 7. The van der Waals surface area contributed by atoms with Gasteiger partial charge in [0.25, 0.3) is 0 Å². The standard InChI is InChI=1S/C77H110O6SSi3/c1-15-86(16-2,17-3)38-23-27-57-45-66(79)71-61-41-53(8)29-31-63(61)74(11,82-69(71)49-57)35-24-39-87(18-4,19-5)37-21-20-25-56-44-65(78)72-62-42-54(9)30-32-64(62)75(12,83-70(72)48-56)51-59-26-22-28-60(43-59)85(13,14)40-34-58-46-67(80)73(68(81)47-58)77-50-55(10)33-36-76(77,84-77)52(6)7/h22,26,28,41-50,61-64,78-81H,6,15-21,23-25,27,29-40,51H2,1-5,7-14H3/t61-,62-,63-,64-,74?,75?,76-,77-/m1/s1. The molecule has 0 radical (unpaired) electrons. The van der Waals surface area contributed by atoms with Gasteiger partial charge in [0.1, 0.15) is 45.7 Å². The van der Waals surface area contributed by atoms with Crippen molar-refractivity contribution in [2.24, 2.45) is 11.8 Å². The zero-order chi connectivity index (χ0) is 62.5. The van der Waals surface area contributed by atoms with E-state index in [0.717, 1.165) is 117 Å². The van der Waals surface area contributed by atoms with E-state index < -0.39 is 34.6 Å². The number of hydrogen-bond acceptors (Lipinski definition) is 7. The zero-order valence-corrected chi connectivity index (χ0v) is 59.8. The number of aromatic hydroxyl groups is 4. The van der Waals surface area contributed by atoms with E-state index in [-0.39, 0.29) is 39.6 Å². The second-order valence-electron chi connectivity index (χ2n) is 30.1. The maximum absolute atomic E-state index is 12.0. The monoisotopic (exact) mass is 1250 g/mol. The van der Waals surface area contributed by atoms with Gasteiger partial charge in [-0.3, -0.25) is 0 Å². The van der Waals surface area contributed by atoms with Crippen molar-refractivity contribution in [3.05, 3.63) is 147 Å². The molecule has 87 heavy (non-hydrogen) atoms. The summed E-state index contributed by atoms with van der Waals surface area (Å²) in [6.07, 6.45) is 22.7. The second kappa shape index (κ2) is 25.7. The number of phenolic OH excluding ortho intramolecular Hbond substituents is 4. The number of phenols is 4. The summed E-state index contributed by atoms with van der Waals surface area (Å²) in [6, 6.07) is 33.5. The molecule has 3 heterocycles. The fraction of sp³-hybridized carbons (Fsp3) is 0.584. The molecule has 0 spiro atoms. The highest BCUT2D eigenvalue weighted by Gasteiger charge is 2.71. The molecule has 10 rings (SSSR count). The van der Waals surface area contributed by atoms with Crippen LogP contribution in [-0.4, -0.2) is 60.6 Å². The molecule has 0 amide bonds. The van der Waals surface area contributed by atoms with Gasteiger partial charge >= 0.3 is 0 Å². The Morgan fingerprint density at radius 1 is 0.586 bits per heavy atom. The number of thioether (sulfide) groups is 1. The maximum Gasteiger partial charge on any atom is 0.127 e. The Morgan fingerprint density at radius 3 is 1.68 bits per heavy atom. The van der Waals surface area contributed by atoms with E-state index in [2.05, 4.69) is 163 Å². The smallest absolute Gasteiger partial charge is 0.127 e. The zero-order valence-electron chi connectivity index (χ0n) is 56.0. The van der Waals surface area contributed by atoms with Crippen LogP contribution in [0.2, 0.25) is 67.5 Å². The molecule has 1 fully saturated rings. The Bertz CT molecular complexity index is 3260. The lowest BCUT2D eigenvalue weighted by Crippen LogP contribution is -2.49. The van der Waals surface area contributed by atoms with Gasteiger partial charge in [-0.25, -0.2) is 0 Å². The fourth-order valence-electron chi connectivity index (χ4n) is 17.9. The highest BCUT2D eigenvalue weighted by molar-refractivity contribution is 8.09. The minimum absolute atomic E-state index is 0.0955. The third-order valence-corrected chi connectivity index (χ3v) is 41.4. The summed E-state index contributed by atoms with van der Waals surface area (Å²) in [4.78, 5) is 0. The first-order valence-electron chi connectivity index (χ1n) is 34.5. The van der Waals surface area contributed by atoms with Gasteiger partial charge < -0.3 is 29.9 Å². The van der Waals surface area contributed by atoms with Crippen molar-refractivity contribution in [2.45, 2.75) is 272 Å². The number of aryl methyl sites for hydroxylation is 3. The molecule has 10 heteroatoms. The summed E-state index contributed by atoms with van der Waals surface area (Å²) in [5.74, 6) is 3.87. The first-order valence-corrected chi connectivity index (χ1v) is 44.2. The van der Waals surface area contributed by atoms with E-state index in [1.165, 1.54) is 106 Å². The van der Waals surface area contributed by atoms with E-state index in [9.17, 15) is 20.4 Å². The van der Waals surface area contributed by atoms with Gasteiger partial charge in [-0.15, -0.1) is 11.8 Å². The Labute approximate surface area is 533 Å². The molecule has 472 valence electrons. The number of ether oxygens (including phenoxy) is 2. The topological polar surface area (TPSA) is 99.4 Å². The predicted octanol–water partition coefficient (Wildman–Crippen LogP) is 20.8. The molecule has 0 bridgehead atoms. The highest BCUT2D eigenvalue weighted by Crippen LogP contribution is 2.79. The number of unbranched alkanes of at least 4 members (excludes halogenated alkanes) is 1. The first-order chi connectivity index (χ1) is 41.3. The summed E-state index contributed by atoms with van der Waals surface area (Å²) in [6.45, 7) is 34.9. The Kier molecular flexibility index (Phi) is 19.4. The van der Waals surface area contributed by atoms with Crippen LogP contribution in [0.5, 0.6) is 34.5 Å². The lowest BCUT2D eigenvalue weighted by Gasteiger charge is -2.49. The van der Waals surface area contributed by atoms with E-state index in [0.29, 0.717) is 23.0 Å². The van der Waals surface area contributed by atoms with Crippen molar-refractivity contribution in [3.8, 4) is 34.5 Å². The summed E-state index contributed by atoms with van der Waals surface area (Å²) in [5.41, 5.74) is 11.8. The van der Waals surface area contributed by atoms with Gasteiger partial charge in [0.05, 0.1) is 39.3 Å². The third-order valence-electron chi connectivity index (χ3n) is 24.2. The summed E-state index contributed by atoms with van der Waals surface area (Å²) in [7, 11) is -4.75. The van der Waals surface area contributed by atoms with Crippen LogP contribution >= 0.6 is 11.8 Å². The first kappa shape index (κ1) is 65.6. The van der Waals surface area contributed by atoms with E-state index >= 15 is 0 Å². The van der Waals surface area contributed by atoms with Crippen molar-refractivity contribution in [2.75, 3.05) is 0 Å². The van der Waals surface area contributed by atoms with Gasteiger partial charge in [-0.05, 0) is 177 Å². The van der Waals surface area contributed by atoms with Crippen molar-refractivity contribution < 1.29 is 29.9 Å². The second-order valence-corrected chi connectivity index (χ2v) is 47.6. The molecule has 4 N–H and O–H groups in total. The summed E-state index contributed by atoms with van der Waals surface area (Å²) < 4.78 is 14.0. The summed E-state index contributed by atoms with van der Waals surface area (Å²) >= 11 is 1.82. The molecule has 3 aliphatic carbocycles. The van der Waals surface area contributed by atoms with E-state index in [1.807, 2.05) is 23.9 Å². The third kappa shape index (κ3) is 12.9. The average molecular weight is 1250 g/mol. The minimum Gasteiger partial charge on any atom is -0.507 e. The molecule has 1 saturated heterocycles. The maximum atomic E-state index is 12.0. The van der Waals surface area contributed by atoms with Crippen LogP contribution in [0.1, 0.15) is 198 Å². The molecule has 8 atom stereocenters. The number of rotatable bonds is 26.